The third-order valence-electron chi connectivity index (χ3n) is 14.2. The second-order valence-corrected chi connectivity index (χ2v) is 18.1. The van der Waals surface area contributed by atoms with Gasteiger partial charge in [0.1, 0.15) is 11.2 Å². The SMILES string of the molecule is c1ccc(-c2nc(-c3cc(-n4c5ccccc5c5ccccc54)c(-n4c5ccccc5c5ccccc54)c(-n4c5ccccc5c5ccccc54)c3)cc(-c3ccc4c(c3)oc3ccccc34)n2)cc1. The molecule has 0 bridgehead atoms. The Kier molecular flexibility index (Phi) is 8.26. The maximum absolute atomic E-state index is 6.46. The van der Waals surface area contributed by atoms with Crippen molar-refractivity contribution in [2.24, 2.45) is 0 Å². The zero-order chi connectivity index (χ0) is 45.9. The van der Waals surface area contributed by atoms with Crippen molar-refractivity contribution in [2.45, 2.75) is 0 Å². The largest absolute Gasteiger partial charge is 0.456 e. The number of rotatable bonds is 6. The van der Waals surface area contributed by atoms with Crippen LogP contribution in [0.5, 0.6) is 0 Å². The lowest BCUT2D eigenvalue weighted by Gasteiger charge is -2.23. The molecule has 15 aromatic rings. The minimum Gasteiger partial charge on any atom is -0.456 e. The van der Waals surface area contributed by atoms with Gasteiger partial charge in [0, 0.05) is 59.8 Å². The monoisotopic (exact) mass is 893 g/mol. The summed E-state index contributed by atoms with van der Waals surface area (Å²) < 4.78 is 13.9. The number of furan rings is 1. The van der Waals surface area contributed by atoms with Gasteiger partial charge in [-0.15, -0.1) is 0 Å². The fourth-order valence-electron chi connectivity index (χ4n) is 11.2. The Hall–Kier alpha value is -9.52. The first-order valence-electron chi connectivity index (χ1n) is 23.7. The van der Waals surface area contributed by atoms with Crippen LogP contribution >= 0.6 is 0 Å². The van der Waals surface area contributed by atoms with Crippen LogP contribution in [-0.4, -0.2) is 23.7 Å². The van der Waals surface area contributed by atoms with Crippen LogP contribution in [0.4, 0.5) is 0 Å². The normalized spacial score (nSPS) is 12.0. The lowest BCUT2D eigenvalue weighted by Crippen LogP contribution is -2.10. The third kappa shape index (κ3) is 5.68. The van der Waals surface area contributed by atoms with Crippen molar-refractivity contribution in [1.29, 1.82) is 0 Å². The molecule has 6 heteroatoms. The van der Waals surface area contributed by atoms with Crippen molar-refractivity contribution in [1.82, 2.24) is 23.7 Å². The van der Waals surface area contributed by atoms with E-state index in [0.29, 0.717) is 5.82 Å². The molecule has 0 aliphatic heterocycles. The smallest absolute Gasteiger partial charge is 0.160 e. The van der Waals surface area contributed by atoms with Crippen LogP contribution in [0.2, 0.25) is 0 Å². The first-order chi connectivity index (χ1) is 34.7. The molecule has 0 unspecified atom stereocenters. The average molecular weight is 894 g/mol. The van der Waals surface area contributed by atoms with Gasteiger partial charge < -0.3 is 18.1 Å². The van der Waals surface area contributed by atoms with E-state index in [4.69, 9.17) is 14.4 Å². The number of nitrogens with zero attached hydrogens (tertiary/aromatic N) is 5. The van der Waals surface area contributed by atoms with Crippen LogP contribution in [0.15, 0.2) is 241 Å². The summed E-state index contributed by atoms with van der Waals surface area (Å²) in [4.78, 5) is 10.9. The number of hydrogen-bond donors (Lipinski definition) is 0. The fourth-order valence-corrected chi connectivity index (χ4v) is 11.2. The van der Waals surface area contributed by atoms with Gasteiger partial charge in [-0.1, -0.05) is 164 Å². The molecular weight excluding hydrogens is 855 g/mol. The van der Waals surface area contributed by atoms with E-state index >= 15 is 0 Å². The number of fused-ring (bicyclic) bond motifs is 12. The zero-order valence-corrected chi connectivity index (χ0v) is 37.7. The molecule has 70 heavy (non-hydrogen) atoms. The summed E-state index contributed by atoms with van der Waals surface area (Å²) in [7, 11) is 0. The highest BCUT2D eigenvalue weighted by Gasteiger charge is 2.27. The lowest BCUT2D eigenvalue weighted by molar-refractivity contribution is 0.669. The maximum atomic E-state index is 6.46. The van der Waals surface area contributed by atoms with Crippen LogP contribution in [0.25, 0.3) is 138 Å². The quantitative estimate of drug-likeness (QED) is 0.167. The van der Waals surface area contributed by atoms with Gasteiger partial charge >= 0.3 is 0 Å². The fraction of sp³-hybridized carbons (Fsp3) is 0. The second kappa shape index (κ2) is 15.0. The standard InChI is InChI=1S/C64H39N5O/c1-2-18-40(19-3-1)64-65-51(41-34-35-50-49-26-10-17-33-61(49)70-62(50)38-41)39-52(66-64)42-36-59(67-53-27-11-4-20-43(53)44-21-5-12-28-54(44)67)63(69-57-31-15-8-24-47(57)48-25-9-16-32-58(48)69)60(37-42)68-55-29-13-6-22-45(55)46-23-7-14-30-56(46)68/h1-39H. The van der Waals surface area contributed by atoms with Crippen LogP contribution in [0.1, 0.15) is 0 Å². The van der Waals surface area contributed by atoms with E-state index in [2.05, 4.69) is 220 Å². The molecule has 0 atom stereocenters. The van der Waals surface area contributed by atoms with Gasteiger partial charge in [-0.05, 0) is 72.8 Å². The van der Waals surface area contributed by atoms with E-state index in [-0.39, 0.29) is 0 Å². The molecule has 326 valence electrons. The number of hydrogen-bond acceptors (Lipinski definition) is 3. The summed E-state index contributed by atoms with van der Waals surface area (Å²) >= 11 is 0. The predicted octanol–water partition coefficient (Wildman–Crippen LogP) is 16.7. The molecule has 0 saturated carbocycles. The van der Waals surface area contributed by atoms with E-state index in [0.717, 1.165) is 100 Å². The molecular formula is C64H39N5O. The predicted molar refractivity (Wildman–Crippen MR) is 289 cm³/mol. The van der Waals surface area contributed by atoms with E-state index in [1.807, 2.05) is 30.3 Å². The molecule has 0 fully saturated rings. The Morgan fingerprint density at radius 3 is 1.14 bits per heavy atom. The highest BCUT2D eigenvalue weighted by atomic mass is 16.3. The van der Waals surface area contributed by atoms with Crippen LogP contribution in [0.3, 0.4) is 0 Å². The van der Waals surface area contributed by atoms with Crippen molar-refractivity contribution in [3.63, 3.8) is 0 Å². The maximum Gasteiger partial charge on any atom is 0.160 e. The number of aromatic nitrogens is 5. The van der Waals surface area contributed by atoms with Gasteiger partial charge in [0.25, 0.3) is 0 Å². The van der Waals surface area contributed by atoms with Crippen molar-refractivity contribution in [3.8, 4) is 51.0 Å². The molecule has 0 radical (unpaired) electrons. The van der Waals surface area contributed by atoms with Crippen LogP contribution in [-0.2, 0) is 0 Å². The average Bonchev–Trinajstić information content (AvgIpc) is 4.17. The molecule has 5 heterocycles. The van der Waals surface area contributed by atoms with Crippen LogP contribution < -0.4 is 0 Å². The Balaban J connectivity index is 1.13. The molecule has 15 rings (SSSR count). The van der Waals surface area contributed by atoms with Crippen LogP contribution in [0, 0.1) is 0 Å². The van der Waals surface area contributed by atoms with Gasteiger partial charge in [-0.25, -0.2) is 9.97 Å². The Morgan fingerprint density at radius 2 is 0.657 bits per heavy atom. The first-order valence-corrected chi connectivity index (χ1v) is 23.7. The summed E-state index contributed by atoms with van der Waals surface area (Å²) in [5, 5.41) is 9.30. The van der Waals surface area contributed by atoms with E-state index in [1.54, 1.807) is 0 Å². The molecule has 0 N–H and O–H groups in total. The molecule has 5 aromatic heterocycles. The van der Waals surface area contributed by atoms with Crippen molar-refractivity contribution >= 4 is 87.4 Å². The first kappa shape index (κ1) is 38.6. The summed E-state index contributed by atoms with van der Waals surface area (Å²) in [5.41, 5.74) is 15.9. The van der Waals surface area contributed by atoms with Gasteiger partial charge in [-0.3, -0.25) is 0 Å². The zero-order valence-electron chi connectivity index (χ0n) is 37.7. The van der Waals surface area contributed by atoms with Crippen molar-refractivity contribution in [3.05, 3.63) is 237 Å². The van der Waals surface area contributed by atoms with Crippen molar-refractivity contribution < 1.29 is 4.42 Å². The molecule has 10 aromatic carbocycles. The highest BCUT2D eigenvalue weighted by Crippen LogP contribution is 2.45. The van der Waals surface area contributed by atoms with Gasteiger partial charge in [0.2, 0.25) is 0 Å². The number of para-hydroxylation sites is 7. The van der Waals surface area contributed by atoms with Gasteiger partial charge in [-0.2, -0.15) is 0 Å². The summed E-state index contributed by atoms with van der Waals surface area (Å²) in [6, 6.07) is 84.6. The van der Waals surface area contributed by atoms with Gasteiger partial charge in [0.05, 0.1) is 61.6 Å². The van der Waals surface area contributed by atoms with E-state index in [9.17, 15) is 0 Å². The van der Waals surface area contributed by atoms with E-state index in [1.165, 1.54) is 32.3 Å². The minimum absolute atomic E-state index is 0.640. The molecule has 0 aliphatic rings. The molecule has 6 nitrogen and oxygen atoms in total. The Labute approximate surface area is 401 Å². The summed E-state index contributed by atoms with van der Waals surface area (Å²) in [6.45, 7) is 0. The molecule has 0 amide bonds. The third-order valence-corrected chi connectivity index (χ3v) is 14.2. The topological polar surface area (TPSA) is 53.7 Å². The second-order valence-electron chi connectivity index (χ2n) is 18.1. The Bertz CT molecular complexity index is 4310. The highest BCUT2D eigenvalue weighted by molar-refractivity contribution is 6.14. The Morgan fingerprint density at radius 1 is 0.271 bits per heavy atom. The summed E-state index contributed by atoms with van der Waals surface area (Å²) in [5.74, 6) is 0.640. The lowest BCUT2D eigenvalue weighted by atomic mass is 10.0. The molecule has 0 spiro atoms. The van der Waals surface area contributed by atoms with E-state index < -0.39 is 0 Å². The minimum atomic E-state index is 0.640. The number of benzene rings is 10. The molecule has 0 saturated heterocycles. The van der Waals surface area contributed by atoms with Crippen molar-refractivity contribution in [2.75, 3.05) is 0 Å². The summed E-state index contributed by atoms with van der Waals surface area (Å²) in [6.07, 6.45) is 0. The molecule has 0 aliphatic carbocycles. The van der Waals surface area contributed by atoms with Gasteiger partial charge in [0.15, 0.2) is 5.82 Å².